The molecule has 1 aromatic rings. The highest BCUT2D eigenvalue weighted by Gasteiger charge is 2.47. The zero-order valence-electron chi connectivity index (χ0n) is 16.2. The Morgan fingerprint density at radius 1 is 1.21 bits per heavy atom. The lowest BCUT2D eigenvalue weighted by Gasteiger charge is -2.49. The summed E-state index contributed by atoms with van der Waals surface area (Å²) >= 11 is 0. The van der Waals surface area contributed by atoms with E-state index in [2.05, 4.69) is 39.8 Å². The molecule has 0 aromatic heterocycles. The molecule has 0 bridgehead atoms. The molecule has 1 heterocycles. The van der Waals surface area contributed by atoms with E-state index in [-0.39, 0.29) is 5.60 Å². The number of benzene rings is 1. The highest BCUT2D eigenvalue weighted by Crippen LogP contribution is 2.55. The van der Waals surface area contributed by atoms with Crippen LogP contribution >= 0.6 is 0 Å². The van der Waals surface area contributed by atoms with Crippen molar-refractivity contribution in [2.24, 2.45) is 11.8 Å². The maximum absolute atomic E-state index is 6.53. The van der Waals surface area contributed by atoms with Crippen LogP contribution in [0.15, 0.2) is 12.1 Å². The molecule has 0 amide bonds. The number of fused-ring (bicyclic) bond motifs is 3. The molecular weight excluding hydrogens is 296 g/mol. The Morgan fingerprint density at radius 3 is 2.71 bits per heavy atom. The Labute approximate surface area is 147 Å². The molecule has 0 saturated heterocycles. The molecule has 1 saturated carbocycles. The van der Waals surface area contributed by atoms with Crippen molar-refractivity contribution in [1.29, 1.82) is 0 Å². The van der Waals surface area contributed by atoms with Gasteiger partial charge in [-0.3, -0.25) is 0 Å². The monoisotopic (exact) mass is 330 g/mol. The molecule has 2 heteroatoms. The molecule has 3 atom stereocenters. The minimum atomic E-state index is -0.0785. The lowest BCUT2D eigenvalue weighted by molar-refractivity contribution is -0.0146. The Hall–Kier alpha value is -1.18. The zero-order valence-corrected chi connectivity index (χ0v) is 16.2. The van der Waals surface area contributed by atoms with Crippen LogP contribution < -0.4 is 9.47 Å². The number of hydrogen-bond donors (Lipinski definition) is 0. The second-order valence-electron chi connectivity index (χ2n) is 8.50. The largest absolute Gasteiger partial charge is 0.496 e. The maximum Gasteiger partial charge on any atom is 0.127 e. The molecule has 1 fully saturated rings. The number of unbranched alkanes of at least 4 members (excludes halogenated alkanes) is 2. The minimum Gasteiger partial charge on any atom is -0.496 e. The molecule has 0 N–H and O–H groups in total. The first-order valence-electron chi connectivity index (χ1n) is 9.86. The second kappa shape index (κ2) is 6.98. The molecule has 3 rings (SSSR count). The third kappa shape index (κ3) is 3.30. The van der Waals surface area contributed by atoms with Gasteiger partial charge in [0.05, 0.1) is 7.11 Å². The van der Waals surface area contributed by atoms with Crippen molar-refractivity contribution in [2.45, 2.75) is 84.2 Å². The quantitative estimate of drug-likeness (QED) is 0.606. The van der Waals surface area contributed by atoms with Crippen LogP contribution in [-0.2, 0) is 6.42 Å². The van der Waals surface area contributed by atoms with E-state index in [1.165, 1.54) is 49.7 Å². The third-order valence-electron chi connectivity index (χ3n) is 6.20. The van der Waals surface area contributed by atoms with Gasteiger partial charge in [0.1, 0.15) is 17.1 Å². The molecule has 0 spiro atoms. The first kappa shape index (κ1) is 17.6. The average molecular weight is 331 g/mol. The molecule has 2 aliphatic rings. The number of rotatable bonds is 5. The Kier molecular flexibility index (Phi) is 5.13. The lowest BCUT2D eigenvalue weighted by atomic mass is 9.64. The van der Waals surface area contributed by atoms with Crippen LogP contribution in [0.5, 0.6) is 11.5 Å². The fourth-order valence-corrected chi connectivity index (χ4v) is 4.89. The summed E-state index contributed by atoms with van der Waals surface area (Å²) in [6.07, 6.45) is 8.74. The van der Waals surface area contributed by atoms with Crippen molar-refractivity contribution in [3.63, 3.8) is 0 Å². The number of methoxy groups -OCH3 is 1. The topological polar surface area (TPSA) is 18.5 Å². The van der Waals surface area contributed by atoms with E-state index >= 15 is 0 Å². The molecule has 1 aliphatic carbocycles. The van der Waals surface area contributed by atoms with Crippen molar-refractivity contribution in [1.82, 2.24) is 0 Å². The van der Waals surface area contributed by atoms with Gasteiger partial charge in [-0.2, -0.15) is 0 Å². The van der Waals surface area contributed by atoms with Crippen LogP contribution in [0.4, 0.5) is 0 Å². The van der Waals surface area contributed by atoms with Crippen molar-refractivity contribution in [3.05, 3.63) is 23.3 Å². The van der Waals surface area contributed by atoms with Crippen LogP contribution in [-0.4, -0.2) is 12.7 Å². The number of aryl methyl sites for hydroxylation is 1. The van der Waals surface area contributed by atoms with Gasteiger partial charge in [0.25, 0.3) is 0 Å². The van der Waals surface area contributed by atoms with Gasteiger partial charge in [0.15, 0.2) is 0 Å². The number of ether oxygens (including phenoxy) is 2. The van der Waals surface area contributed by atoms with Crippen LogP contribution in [0.1, 0.15) is 83.3 Å². The van der Waals surface area contributed by atoms with Gasteiger partial charge in [-0.15, -0.1) is 0 Å². The van der Waals surface area contributed by atoms with Gasteiger partial charge in [0, 0.05) is 11.5 Å². The summed E-state index contributed by atoms with van der Waals surface area (Å²) in [6.45, 7) is 9.20. The lowest BCUT2D eigenvalue weighted by Crippen LogP contribution is -2.46. The predicted octanol–water partition coefficient (Wildman–Crippen LogP) is 6.12. The normalized spacial score (nSPS) is 27.8. The predicted molar refractivity (Wildman–Crippen MR) is 100 cm³/mol. The molecular formula is C22H34O2. The molecule has 1 aliphatic heterocycles. The summed E-state index contributed by atoms with van der Waals surface area (Å²) in [5.41, 5.74) is 2.62. The summed E-state index contributed by atoms with van der Waals surface area (Å²) in [7, 11) is 1.81. The van der Waals surface area contributed by atoms with E-state index in [0.29, 0.717) is 11.8 Å². The van der Waals surface area contributed by atoms with E-state index in [1.807, 2.05) is 7.11 Å². The maximum atomic E-state index is 6.53. The summed E-state index contributed by atoms with van der Waals surface area (Å²) in [4.78, 5) is 0. The van der Waals surface area contributed by atoms with Gasteiger partial charge in [0.2, 0.25) is 0 Å². The van der Waals surface area contributed by atoms with Crippen LogP contribution in [0.2, 0.25) is 0 Å². The van der Waals surface area contributed by atoms with Gasteiger partial charge in [-0.1, -0.05) is 33.1 Å². The fraction of sp³-hybridized carbons (Fsp3) is 0.727. The average Bonchev–Trinajstić information content (AvgIpc) is 2.53. The molecule has 2 nitrogen and oxygen atoms in total. The van der Waals surface area contributed by atoms with Crippen molar-refractivity contribution in [3.8, 4) is 11.5 Å². The smallest absolute Gasteiger partial charge is 0.127 e. The van der Waals surface area contributed by atoms with E-state index in [4.69, 9.17) is 9.47 Å². The molecule has 134 valence electrons. The van der Waals surface area contributed by atoms with Gasteiger partial charge < -0.3 is 9.47 Å². The fourth-order valence-electron chi connectivity index (χ4n) is 4.89. The summed E-state index contributed by atoms with van der Waals surface area (Å²) < 4.78 is 12.4. The van der Waals surface area contributed by atoms with Gasteiger partial charge >= 0.3 is 0 Å². The second-order valence-corrected chi connectivity index (χ2v) is 8.50. The van der Waals surface area contributed by atoms with E-state index < -0.39 is 0 Å². The van der Waals surface area contributed by atoms with E-state index in [1.54, 1.807) is 0 Å². The summed E-state index contributed by atoms with van der Waals surface area (Å²) in [5.74, 6) is 4.11. The SMILES string of the molecule is CCCCCc1cc(OC)c2c(c1)OC(C)(C)[C@@H]1CC[C@@H](C)C[C@@H]21. The van der Waals surface area contributed by atoms with Crippen molar-refractivity contribution < 1.29 is 9.47 Å². The molecule has 0 unspecified atom stereocenters. The Morgan fingerprint density at radius 2 is 2.00 bits per heavy atom. The van der Waals surface area contributed by atoms with Gasteiger partial charge in [-0.25, -0.2) is 0 Å². The summed E-state index contributed by atoms with van der Waals surface area (Å²) in [5, 5.41) is 0. The van der Waals surface area contributed by atoms with Gasteiger partial charge in [-0.05, 0) is 69.1 Å². The van der Waals surface area contributed by atoms with Crippen LogP contribution in [0, 0.1) is 11.8 Å². The molecule has 0 radical (unpaired) electrons. The zero-order chi connectivity index (χ0) is 17.3. The van der Waals surface area contributed by atoms with E-state index in [9.17, 15) is 0 Å². The Bertz CT molecular complexity index is 576. The van der Waals surface area contributed by atoms with E-state index in [0.717, 1.165) is 23.8 Å². The first-order chi connectivity index (χ1) is 11.5. The van der Waals surface area contributed by atoms with Crippen molar-refractivity contribution >= 4 is 0 Å². The number of hydrogen-bond acceptors (Lipinski definition) is 2. The highest BCUT2D eigenvalue weighted by atomic mass is 16.5. The molecule has 1 aromatic carbocycles. The standard InChI is InChI=1S/C22H34O2/c1-6-7-8-9-16-13-19(23-5)21-17-12-15(2)10-11-18(17)22(3,4)24-20(21)14-16/h13-15,17-18H,6-12H2,1-5H3/t15-,17-,18-/m1/s1. The van der Waals surface area contributed by atoms with Crippen LogP contribution in [0.25, 0.3) is 0 Å². The Balaban J connectivity index is 1.98. The van der Waals surface area contributed by atoms with Crippen molar-refractivity contribution in [2.75, 3.05) is 7.11 Å². The molecule has 24 heavy (non-hydrogen) atoms. The summed E-state index contributed by atoms with van der Waals surface area (Å²) in [6, 6.07) is 4.57. The third-order valence-corrected chi connectivity index (χ3v) is 6.20. The first-order valence-corrected chi connectivity index (χ1v) is 9.86. The highest BCUT2D eigenvalue weighted by molar-refractivity contribution is 5.52. The van der Waals surface area contributed by atoms with Crippen LogP contribution in [0.3, 0.4) is 0 Å². The minimum absolute atomic E-state index is 0.0785.